The highest BCUT2D eigenvalue weighted by Crippen LogP contribution is 2.52. The van der Waals surface area contributed by atoms with Crippen LogP contribution in [0.1, 0.15) is 52.1 Å². The molecule has 1 unspecified atom stereocenters. The van der Waals surface area contributed by atoms with E-state index in [1.807, 2.05) is 13.8 Å². The summed E-state index contributed by atoms with van der Waals surface area (Å²) in [5.74, 6) is 2.41. The van der Waals surface area contributed by atoms with Gasteiger partial charge in [-0.15, -0.1) is 0 Å². The molecule has 0 saturated carbocycles. The molecule has 2 atom stereocenters. The lowest BCUT2D eigenvalue weighted by atomic mass is 9.70. The van der Waals surface area contributed by atoms with Crippen LogP contribution in [0, 0.1) is 5.41 Å². The lowest BCUT2D eigenvalue weighted by molar-refractivity contribution is 0.131. The van der Waals surface area contributed by atoms with Gasteiger partial charge < -0.3 is 15.5 Å². The molecule has 142 valence electrons. The van der Waals surface area contributed by atoms with Crippen LogP contribution in [0.25, 0.3) is 0 Å². The Kier molecular flexibility index (Phi) is 4.74. The van der Waals surface area contributed by atoms with Crippen molar-refractivity contribution in [2.75, 3.05) is 13.1 Å². The number of nitrogens with one attached hydrogen (secondary N) is 2. The molecule has 0 aromatic heterocycles. The van der Waals surface area contributed by atoms with Crippen LogP contribution in [0.4, 0.5) is 0 Å². The van der Waals surface area contributed by atoms with Crippen molar-refractivity contribution in [3.05, 3.63) is 47.2 Å². The lowest BCUT2D eigenvalue weighted by Gasteiger charge is -2.43. The van der Waals surface area contributed by atoms with Crippen molar-refractivity contribution >= 4 is 19.6 Å². The number of hydrogen-bond donors (Lipinski definition) is 2. The molecule has 5 nitrogen and oxygen atoms in total. The zero-order chi connectivity index (χ0) is 19.0. The molecule has 3 heterocycles. The Morgan fingerprint density at radius 1 is 1.22 bits per heavy atom. The van der Waals surface area contributed by atoms with E-state index in [2.05, 4.69) is 51.7 Å². The molecule has 1 fully saturated rings. The summed E-state index contributed by atoms with van der Waals surface area (Å²) in [6.07, 6.45) is 5.10. The number of amidine groups is 1. The second-order valence-electron chi connectivity index (χ2n) is 7.67. The van der Waals surface area contributed by atoms with Crippen molar-refractivity contribution < 1.29 is 1.43 Å². The van der Waals surface area contributed by atoms with Crippen LogP contribution in [-0.4, -0.2) is 43.8 Å². The fraction of sp³-hybridized carbons (Fsp3) is 0.524. The molecule has 1 aliphatic carbocycles. The summed E-state index contributed by atoms with van der Waals surface area (Å²) in [5, 5.41) is 6.50. The minimum Gasteiger partial charge on any atom is -0.369 e. The monoisotopic (exact) mass is 363 g/mol. The first-order valence-corrected chi connectivity index (χ1v) is 10.1. The van der Waals surface area contributed by atoms with Crippen LogP contribution in [-0.2, 0) is 6.42 Å². The van der Waals surface area contributed by atoms with Crippen LogP contribution in [0.2, 0.25) is 0 Å². The molecule has 0 amide bonds. The number of aliphatic imine (C=N–C) groups is 2. The summed E-state index contributed by atoms with van der Waals surface area (Å²) >= 11 is 0. The first kappa shape index (κ1) is 18.1. The van der Waals surface area contributed by atoms with Gasteiger partial charge in [-0.3, -0.25) is 0 Å². The molecular weight excluding hydrogens is 333 g/mol. The van der Waals surface area contributed by atoms with Gasteiger partial charge in [0.05, 0.1) is 0 Å². The number of rotatable bonds is 0. The molecule has 1 aromatic rings. The molecule has 5 rings (SSSR count). The van der Waals surface area contributed by atoms with E-state index < -0.39 is 0 Å². The van der Waals surface area contributed by atoms with Crippen LogP contribution in [0.15, 0.2) is 46.0 Å². The minimum atomic E-state index is -0.162. The molecular formula is C21H30BN5. The van der Waals surface area contributed by atoms with Gasteiger partial charge >= 0.3 is 0 Å². The molecule has 1 spiro atoms. The average molecular weight is 363 g/mol. The summed E-state index contributed by atoms with van der Waals surface area (Å²) in [6, 6.07) is 8.97. The van der Waals surface area contributed by atoms with Gasteiger partial charge in [0.2, 0.25) is 5.96 Å². The van der Waals surface area contributed by atoms with Gasteiger partial charge in [0.15, 0.2) is 12.0 Å². The zero-order valence-corrected chi connectivity index (χ0v) is 16.5. The number of fused-ring (bicyclic) bond motifs is 2. The van der Waals surface area contributed by atoms with E-state index in [1.54, 1.807) is 17.3 Å². The first-order valence-electron chi connectivity index (χ1n) is 10.1. The molecule has 1 saturated heterocycles. The van der Waals surface area contributed by atoms with E-state index in [4.69, 9.17) is 12.8 Å². The van der Waals surface area contributed by atoms with Crippen LogP contribution in [0.3, 0.4) is 0 Å². The van der Waals surface area contributed by atoms with Gasteiger partial charge in [-0.05, 0) is 47.3 Å². The van der Waals surface area contributed by atoms with Crippen LogP contribution in [0.5, 0.6) is 0 Å². The Balaban J connectivity index is 0.000000728. The van der Waals surface area contributed by atoms with E-state index in [9.17, 15) is 0 Å². The summed E-state index contributed by atoms with van der Waals surface area (Å²) < 4.78 is 0. The molecule has 0 bridgehead atoms. The van der Waals surface area contributed by atoms with Crippen molar-refractivity contribution in [3.8, 4) is 0 Å². The predicted octanol–water partition coefficient (Wildman–Crippen LogP) is 2.96. The van der Waals surface area contributed by atoms with E-state index >= 15 is 0 Å². The van der Waals surface area contributed by atoms with Crippen molar-refractivity contribution in [1.82, 2.24) is 15.5 Å². The standard InChI is InChI=1S/C19H22BN5.C2H6.H2/c1-12-14-5-3-2-4-13(14)10-19(12)6-8-25(9-7-19)18-23-16-17(24-18)22-15(20)11-21-16;1-2;/h2-5,11-12,17,22H,6-10H2,1H3,(H,21,23,24);1-2H3;1H/t12-,17?;;/m1../s1. The summed E-state index contributed by atoms with van der Waals surface area (Å²) in [6.45, 7) is 8.48. The maximum atomic E-state index is 5.78. The summed E-state index contributed by atoms with van der Waals surface area (Å²) in [7, 11) is 5.78. The Morgan fingerprint density at radius 2 is 1.96 bits per heavy atom. The van der Waals surface area contributed by atoms with Crippen molar-refractivity contribution in [3.63, 3.8) is 0 Å². The van der Waals surface area contributed by atoms with E-state index in [0.717, 1.165) is 24.9 Å². The second-order valence-corrected chi connectivity index (χ2v) is 7.67. The molecule has 6 heteroatoms. The molecule has 27 heavy (non-hydrogen) atoms. The van der Waals surface area contributed by atoms with E-state index in [-0.39, 0.29) is 7.59 Å². The van der Waals surface area contributed by atoms with Crippen LogP contribution >= 0.6 is 0 Å². The maximum absolute atomic E-state index is 5.78. The summed E-state index contributed by atoms with van der Waals surface area (Å²) in [5.41, 5.74) is 4.08. The van der Waals surface area contributed by atoms with Crippen molar-refractivity contribution in [1.29, 1.82) is 0 Å². The highest BCUT2D eigenvalue weighted by molar-refractivity contribution is 6.22. The number of hydrogen-bond acceptors (Lipinski definition) is 5. The van der Waals surface area contributed by atoms with Gasteiger partial charge in [0.1, 0.15) is 7.85 Å². The first-order chi connectivity index (χ1) is 13.1. The molecule has 1 aromatic carbocycles. The smallest absolute Gasteiger partial charge is 0.202 e. The fourth-order valence-corrected chi connectivity index (χ4v) is 4.85. The van der Waals surface area contributed by atoms with Crippen LogP contribution < -0.4 is 10.6 Å². The highest BCUT2D eigenvalue weighted by Gasteiger charge is 2.46. The number of likely N-dealkylation sites (tertiary alicyclic amines) is 1. The van der Waals surface area contributed by atoms with Gasteiger partial charge in [-0.1, -0.05) is 45.0 Å². The second kappa shape index (κ2) is 7.06. The molecule has 2 N–H and O–H groups in total. The number of benzene rings is 1. The Bertz CT molecular complexity index is 811. The number of nitrogens with zero attached hydrogens (tertiary/aromatic N) is 3. The van der Waals surface area contributed by atoms with E-state index in [1.165, 1.54) is 19.3 Å². The van der Waals surface area contributed by atoms with Crippen molar-refractivity contribution in [2.24, 2.45) is 15.4 Å². The predicted molar refractivity (Wildman–Crippen MR) is 114 cm³/mol. The van der Waals surface area contributed by atoms with Gasteiger partial charge in [-0.25, -0.2) is 9.98 Å². The topological polar surface area (TPSA) is 52.0 Å². The number of guanidine groups is 1. The lowest BCUT2D eigenvalue weighted by Crippen LogP contribution is -2.49. The largest absolute Gasteiger partial charge is 0.369 e. The fourth-order valence-electron chi connectivity index (χ4n) is 4.85. The molecule has 3 aliphatic heterocycles. The molecule has 4 aliphatic rings. The van der Waals surface area contributed by atoms with Gasteiger partial charge in [0.25, 0.3) is 0 Å². The maximum Gasteiger partial charge on any atom is 0.202 e. The third-order valence-electron chi connectivity index (χ3n) is 6.44. The van der Waals surface area contributed by atoms with Gasteiger partial charge in [0, 0.05) is 20.7 Å². The van der Waals surface area contributed by atoms with Gasteiger partial charge in [-0.2, -0.15) is 0 Å². The Hall–Kier alpha value is -2.24. The quantitative estimate of drug-likeness (QED) is 0.697. The molecule has 2 radical (unpaired) electrons. The normalized spacial score (nSPS) is 27.2. The highest BCUT2D eigenvalue weighted by atomic mass is 15.4. The number of piperidine rings is 1. The third-order valence-corrected chi connectivity index (χ3v) is 6.44. The zero-order valence-electron chi connectivity index (χ0n) is 16.5. The minimum absolute atomic E-state index is 0. The van der Waals surface area contributed by atoms with E-state index in [0.29, 0.717) is 16.9 Å². The third kappa shape index (κ3) is 3.05. The average Bonchev–Trinajstić information content (AvgIpc) is 3.24. The Labute approximate surface area is 164 Å². The van der Waals surface area contributed by atoms with Crippen molar-refractivity contribution in [2.45, 2.75) is 52.1 Å². The SMILES string of the molecule is CC.[B]C1=CN=C2NC(N3CCC4(CC3)Cc3ccccc3[C@H]4C)=NC2N1.[HH]. The summed E-state index contributed by atoms with van der Waals surface area (Å²) in [4.78, 5) is 11.4. The Morgan fingerprint density at radius 3 is 2.70 bits per heavy atom.